The smallest absolute Gasteiger partial charge is 0.241 e. The third kappa shape index (κ3) is 3.74. The zero-order chi connectivity index (χ0) is 16.3. The second-order valence-electron chi connectivity index (χ2n) is 6.72. The van der Waals surface area contributed by atoms with Gasteiger partial charge in [-0.1, -0.05) is 27.7 Å². The highest BCUT2D eigenvalue weighted by Gasteiger charge is 2.62. The summed E-state index contributed by atoms with van der Waals surface area (Å²) in [6.07, 6.45) is 0.459. The van der Waals surface area contributed by atoms with E-state index in [1.807, 2.05) is 34.6 Å². The molecule has 0 aliphatic heterocycles. The predicted octanol–water partition coefficient (Wildman–Crippen LogP) is 0.407. The van der Waals surface area contributed by atoms with E-state index in [1.54, 1.807) is 0 Å². The van der Waals surface area contributed by atoms with E-state index in [-0.39, 0.29) is 24.5 Å². The van der Waals surface area contributed by atoms with Crippen LogP contribution in [0.4, 0.5) is 0 Å². The van der Waals surface area contributed by atoms with Gasteiger partial charge < -0.3 is 21.1 Å². The molecule has 1 saturated carbocycles. The lowest BCUT2D eigenvalue weighted by Gasteiger charge is -2.57. The Morgan fingerprint density at radius 2 is 1.95 bits per heavy atom. The molecule has 1 fully saturated rings. The Morgan fingerprint density at radius 1 is 1.33 bits per heavy atom. The molecule has 1 aliphatic carbocycles. The van der Waals surface area contributed by atoms with Gasteiger partial charge >= 0.3 is 0 Å². The molecule has 0 heterocycles. The fourth-order valence-electron chi connectivity index (χ4n) is 2.52. The lowest BCUT2D eigenvalue weighted by Crippen LogP contribution is -2.76. The van der Waals surface area contributed by atoms with Crippen molar-refractivity contribution in [3.05, 3.63) is 0 Å². The fraction of sp³-hybridized carbons (Fsp3) is 0.867. The Hall–Kier alpha value is -1.14. The highest BCUT2D eigenvalue weighted by Crippen LogP contribution is 2.49. The molecular formula is C15H29N3O3. The fourth-order valence-corrected chi connectivity index (χ4v) is 2.52. The van der Waals surface area contributed by atoms with E-state index >= 15 is 0 Å². The maximum atomic E-state index is 12.3. The summed E-state index contributed by atoms with van der Waals surface area (Å²) in [7, 11) is 0. The van der Waals surface area contributed by atoms with Crippen molar-refractivity contribution in [2.45, 2.75) is 52.7 Å². The number of carbonyl (C=O) groups is 2. The lowest BCUT2D eigenvalue weighted by atomic mass is 9.54. The second kappa shape index (κ2) is 6.75. The monoisotopic (exact) mass is 299 g/mol. The van der Waals surface area contributed by atoms with Gasteiger partial charge in [-0.25, -0.2) is 0 Å². The number of amides is 2. The molecule has 1 aliphatic rings. The standard InChI is InChI=1S/C15H29N3O3/c1-6-21-11-7-15(16,14(11,4)5)13(20)18-9-12(19)17-8-10(2)3/h10-11H,6-9,16H2,1-5H3,(H,17,19)(H,18,20). The quantitative estimate of drug-likeness (QED) is 0.634. The molecule has 2 unspecified atom stereocenters. The van der Waals surface area contributed by atoms with Crippen LogP contribution in [0.1, 0.15) is 41.0 Å². The first kappa shape index (κ1) is 17.9. The molecule has 0 aromatic heterocycles. The first-order chi connectivity index (χ1) is 9.65. The van der Waals surface area contributed by atoms with Gasteiger partial charge in [0, 0.05) is 25.0 Å². The van der Waals surface area contributed by atoms with Crippen molar-refractivity contribution in [1.82, 2.24) is 10.6 Å². The molecule has 2 atom stereocenters. The Labute approximate surface area is 127 Å². The first-order valence-corrected chi connectivity index (χ1v) is 7.60. The Bertz CT molecular complexity index is 396. The average molecular weight is 299 g/mol. The van der Waals surface area contributed by atoms with Crippen LogP contribution < -0.4 is 16.4 Å². The van der Waals surface area contributed by atoms with Crippen LogP contribution in [0.5, 0.6) is 0 Å². The molecule has 0 saturated heterocycles. The van der Waals surface area contributed by atoms with Gasteiger partial charge in [-0.05, 0) is 12.8 Å². The minimum atomic E-state index is -0.981. The predicted molar refractivity (Wildman–Crippen MR) is 81.6 cm³/mol. The third-order valence-corrected chi connectivity index (χ3v) is 4.35. The highest BCUT2D eigenvalue weighted by atomic mass is 16.5. The number of nitrogens with one attached hydrogen (secondary N) is 2. The van der Waals surface area contributed by atoms with Crippen LogP contribution in [0.25, 0.3) is 0 Å². The maximum absolute atomic E-state index is 12.3. The first-order valence-electron chi connectivity index (χ1n) is 7.60. The topological polar surface area (TPSA) is 93.4 Å². The maximum Gasteiger partial charge on any atom is 0.241 e. The van der Waals surface area contributed by atoms with Crippen molar-refractivity contribution in [2.24, 2.45) is 17.1 Å². The number of ether oxygens (including phenoxy) is 1. The minimum Gasteiger partial charge on any atom is -0.378 e. The summed E-state index contributed by atoms with van der Waals surface area (Å²) in [6, 6.07) is 0. The summed E-state index contributed by atoms with van der Waals surface area (Å²) < 4.78 is 5.59. The van der Waals surface area contributed by atoms with Crippen LogP contribution >= 0.6 is 0 Å². The molecule has 0 aromatic carbocycles. The Morgan fingerprint density at radius 3 is 2.43 bits per heavy atom. The van der Waals surface area contributed by atoms with Crippen LogP contribution in [0, 0.1) is 11.3 Å². The molecule has 0 bridgehead atoms. The lowest BCUT2D eigenvalue weighted by molar-refractivity contribution is -0.170. The largest absolute Gasteiger partial charge is 0.378 e. The molecule has 6 nitrogen and oxygen atoms in total. The van der Waals surface area contributed by atoms with E-state index < -0.39 is 11.0 Å². The number of hydrogen-bond donors (Lipinski definition) is 3. The molecule has 0 aromatic rings. The molecule has 122 valence electrons. The van der Waals surface area contributed by atoms with Gasteiger partial charge in [-0.2, -0.15) is 0 Å². The Balaban J connectivity index is 2.47. The molecule has 1 rings (SSSR count). The van der Waals surface area contributed by atoms with Crippen molar-refractivity contribution in [2.75, 3.05) is 19.7 Å². The molecule has 0 spiro atoms. The van der Waals surface area contributed by atoms with Gasteiger partial charge in [-0.3, -0.25) is 9.59 Å². The Kier molecular flexibility index (Phi) is 5.75. The van der Waals surface area contributed by atoms with E-state index in [0.29, 0.717) is 25.5 Å². The van der Waals surface area contributed by atoms with E-state index in [0.717, 1.165) is 0 Å². The zero-order valence-corrected chi connectivity index (χ0v) is 13.8. The van der Waals surface area contributed by atoms with Crippen molar-refractivity contribution in [3.63, 3.8) is 0 Å². The van der Waals surface area contributed by atoms with Gasteiger partial charge in [0.1, 0.15) is 5.54 Å². The SMILES string of the molecule is CCOC1CC(N)(C(=O)NCC(=O)NCC(C)C)C1(C)C. The van der Waals surface area contributed by atoms with Crippen LogP contribution in [0.3, 0.4) is 0 Å². The summed E-state index contributed by atoms with van der Waals surface area (Å²) in [4.78, 5) is 23.9. The summed E-state index contributed by atoms with van der Waals surface area (Å²) >= 11 is 0. The van der Waals surface area contributed by atoms with Gasteiger partial charge in [0.25, 0.3) is 0 Å². The highest BCUT2D eigenvalue weighted by molar-refractivity contribution is 5.92. The summed E-state index contributed by atoms with van der Waals surface area (Å²) in [5.74, 6) is -0.106. The summed E-state index contributed by atoms with van der Waals surface area (Å²) in [6.45, 7) is 11.0. The molecule has 4 N–H and O–H groups in total. The van der Waals surface area contributed by atoms with E-state index in [9.17, 15) is 9.59 Å². The van der Waals surface area contributed by atoms with Crippen molar-refractivity contribution >= 4 is 11.8 Å². The number of carbonyl (C=O) groups excluding carboxylic acids is 2. The van der Waals surface area contributed by atoms with Crippen molar-refractivity contribution in [1.29, 1.82) is 0 Å². The summed E-state index contributed by atoms with van der Waals surface area (Å²) in [5, 5.41) is 5.39. The molecular weight excluding hydrogens is 270 g/mol. The van der Waals surface area contributed by atoms with Crippen LogP contribution in [0.15, 0.2) is 0 Å². The van der Waals surface area contributed by atoms with E-state index in [4.69, 9.17) is 10.5 Å². The van der Waals surface area contributed by atoms with Crippen molar-refractivity contribution in [3.8, 4) is 0 Å². The molecule has 0 radical (unpaired) electrons. The molecule has 21 heavy (non-hydrogen) atoms. The average Bonchev–Trinajstić information content (AvgIpc) is 2.41. The van der Waals surface area contributed by atoms with Gasteiger partial charge in [0.05, 0.1) is 12.6 Å². The molecule has 2 amide bonds. The van der Waals surface area contributed by atoms with E-state index in [1.165, 1.54) is 0 Å². The number of nitrogens with two attached hydrogens (primary N) is 1. The normalized spacial score (nSPS) is 27.1. The minimum absolute atomic E-state index is 0.0204. The summed E-state index contributed by atoms with van der Waals surface area (Å²) in [5.41, 5.74) is 4.81. The van der Waals surface area contributed by atoms with E-state index in [2.05, 4.69) is 10.6 Å². The number of hydrogen-bond acceptors (Lipinski definition) is 4. The molecule has 6 heteroatoms. The van der Waals surface area contributed by atoms with Gasteiger partial charge in [-0.15, -0.1) is 0 Å². The van der Waals surface area contributed by atoms with Crippen molar-refractivity contribution < 1.29 is 14.3 Å². The van der Waals surface area contributed by atoms with Crippen LogP contribution in [-0.4, -0.2) is 43.2 Å². The number of rotatable bonds is 7. The third-order valence-electron chi connectivity index (χ3n) is 4.35. The second-order valence-corrected chi connectivity index (χ2v) is 6.72. The van der Waals surface area contributed by atoms with Gasteiger partial charge in [0.15, 0.2) is 0 Å². The van der Waals surface area contributed by atoms with Gasteiger partial charge in [0.2, 0.25) is 11.8 Å². The van der Waals surface area contributed by atoms with Crippen LogP contribution in [-0.2, 0) is 14.3 Å². The zero-order valence-electron chi connectivity index (χ0n) is 13.8. The van der Waals surface area contributed by atoms with Crippen LogP contribution in [0.2, 0.25) is 0 Å².